The standard InChI is InChI=1S/C20H32N2O2/c1-15-7-6-8-16(2)22(15)14-18-11-9-17(10-12-18)13-21-19(23)24-20(3,4)5/h9-12,15-16H,6-8,13-14H2,1-5H3,(H,21,23)/t15-,16+. The van der Waals surface area contributed by atoms with Gasteiger partial charge in [-0.3, -0.25) is 4.90 Å². The van der Waals surface area contributed by atoms with Crippen LogP contribution in [0.4, 0.5) is 4.79 Å². The van der Waals surface area contributed by atoms with Crippen LogP contribution in [0.3, 0.4) is 0 Å². The van der Waals surface area contributed by atoms with Crippen LogP contribution < -0.4 is 5.32 Å². The van der Waals surface area contributed by atoms with E-state index in [-0.39, 0.29) is 6.09 Å². The fraction of sp³-hybridized carbons (Fsp3) is 0.650. The number of carbonyl (C=O) groups excluding carboxylic acids is 1. The van der Waals surface area contributed by atoms with Gasteiger partial charge in [-0.2, -0.15) is 0 Å². The smallest absolute Gasteiger partial charge is 0.407 e. The second kappa shape index (κ2) is 8.02. The molecule has 2 rings (SSSR count). The normalized spacial score (nSPS) is 22.2. The van der Waals surface area contributed by atoms with Crippen LogP contribution in [0, 0.1) is 0 Å². The number of ether oxygens (including phenoxy) is 1. The Kier molecular flexibility index (Phi) is 6.27. The van der Waals surface area contributed by atoms with Crippen LogP contribution in [-0.2, 0) is 17.8 Å². The van der Waals surface area contributed by atoms with Crippen molar-refractivity contribution in [3.05, 3.63) is 35.4 Å². The minimum absolute atomic E-state index is 0.373. The Morgan fingerprint density at radius 2 is 1.67 bits per heavy atom. The molecule has 4 nitrogen and oxygen atoms in total. The molecule has 0 radical (unpaired) electrons. The summed E-state index contributed by atoms with van der Waals surface area (Å²) in [6.45, 7) is 11.7. The van der Waals surface area contributed by atoms with E-state index in [4.69, 9.17) is 4.74 Å². The number of nitrogens with zero attached hydrogens (tertiary/aromatic N) is 1. The number of hydrogen-bond acceptors (Lipinski definition) is 3. The summed E-state index contributed by atoms with van der Waals surface area (Å²) in [5, 5.41) is 2.80. The van der Waals surface area contributed by atoms with E-state index < -0.39 is 5.60 Å². The number of hydrogen-bond donors (Lipinski definition) is 1. The summed E-state index contributed by atoms with van der Waals surface area (Å²) in [6.07, 6.45) is 3.56. The Morgan fingerprint density at radius 3 is 2.21 bits per heavy atom. The molecule has 1 amide bonds. The lowest BCUT2D eigenvalue weighted by atomic mass is 9.96. The monoisotopic (exact) mass is 332 g/mol. The Balaban J connectivity index is 1.85. The van der Waals surface area contributed by atoms with Gasteiger partial charge in [0.25, 0.3) is 0 Å². The van der Waals surface area contributed by atoms with Gasteiger partial charge in [-0.05, 0) is 58.6 Å². The lowest BCUT2D eigenvalue weighted by molar-refractivity contribution is 0.0523. The molecule has 0 saturated carbocycles. The Hall–Kier alpha value is -1.55. The number of piperidine rings is 1. The number of amides is 1. The summed E-state index contributed by atoms with van der Waals surface area (Å²) in [7, 11) is 0. The summed E-state index contributed by atoms with van der Waals surface area (Å²) >= 11 is 0. The molecule has 0 spiro atoms. The predicted molar refractivity (Wildman–Crippen MR) is 97.8 cm³/mol. The first-order valence-corrected chi connectivity index (χ1v) is 9.05. The summed E-state index contributed by atoms with van der Waals surface area (Å²) in [5.74, 6) is 0. The molecule has 1 N–H and O–H groups in total. The molecule has 1 heterocycles. The van der Waals surface area contributed by atoms with E-state index in [1.165, 1.54) is 24.8 Å². The van der Waals surface area contributed by atoms with Crippen LogP contribution in [0.25, 0.3) is 0 Å². The second-order valence-corrected chi connectivity index (χ2v) is 7.97. The van der Waals surface area contributed by atoms with Gasteiger partial charge >= 0.3 is 6.09 Å². The van der Waals surface area contributed by atoms with Crippen molar-refractivity contribution in [3.8, 4) is 0 Å². The van der Waals surface area contributed by atoms with E-state index in [9.17, 15) is 4.79 Å². The molecule has 1 aliphatic heterocycles. The molecule has 134 valence electrons. The first kappa shape index (κ1) is 18.8. The van der Waals surface area contributed by atoms with Crippen LogP contribution in [0.15, 0.2) is 24.3 Å². The molecule has 0 aromatic heterocycles. The molecule has 1 aromatic carbocycles. The Labute approximate surface area is 146 Å². The van der Waals surface area contributed by atoms with Crippen molar-refractivity contribution in [2.75, 3.05) is 0 Å². The van der Waals surface area contributed by atoms with Crippen LogP contribution in [-0.4, -0.2) is 28.7 Å². The van der Waals surface area contributed by atoms with Crippen LogP contribution >= 0.6 is 0 Å². The van der Waals surface area contributed by atoms with Gasteiger partial charge in [0.05, 0.1) is 0 Å². The third-order valence-electron chi connectivity index (χ3n) is 4.60. The van der Waals surface area contributed by atoms with Gasteiger partial charge in [0.1, 0.15) is 5.60 Å². The molecule has 4 heteroatoms. The molecule has 24 heavy (non-hydrogen) atoms. The van der Waals surface area contributed by atoms with E-state index in [0.29, 0.717) is 18.6 Å². The van der Waals surface area contributed by atoms with E-state index in [2.05, 4.69) is 48.3 Å². The van der Waals surface area contributed by atoms with Gasteiger partial charge in [-0.25, -0.2) is 4.79 Å². The number of likely N-dealkylation sites (tertiary alicyclic amines) is 1. The molecule has 1 fully saturated rings. The third kappa shape index (κ3) is 5.82. The molecule has 2 atom stereocenters. The molecule has 0 bridgehead atoms. The van der Waals surface area contributed by atoms with Crippen molar-refractivity contribution in [1.29, 1.82) is 0 Å². The van der Waals surface area contributed by atoms with Gasteiger partial charge in [0.15, 0.2) is 0 Å². The summed E-state index contributed by atoms with van der Waals surface area (Å²) in [4.78, 5) is 14.3. The molecule has 0 aliphatic carbocycles. The number of carbonyl (C=O) groups is 1. The maximum Gasteiger partial charge on any atom is 0.407 e. The van der Waals surface area contributed by atoms with Gasteiger partial charge < -0.3 is 10.1 Å². The predicted octanol–water partition coefficient (Wildman–Crippen LogP) is 4.47. The van der Waals surface area contributed by atoms with Gasteiger partial charge in [-0.1, -0.05) is 30.7 Å². The number of alkyl carbamates (subject to hydrolysis) is 1. The maximum atomic E-state index is 11.7. The Bertz CT molecular complexity index is 524. The first-order chi connectivity index (χ1) is 11.2. The minimum Gasteiger partial charge on any atom is -0.444 e. The maximum absolute atomic E-state index is 11.7. The van der Waals surface area contributed by atoms with Crippen molar-refractivity contribution < 1.29 is 9.53 Å². The summed E-state index contributed by atoms with van der Waals surface area (Å²) < 4.78 is 5.25. The summed E-state index contributed by atoms with van der Waals surface area (Å²) in [6, 6.07) is 9.82. The fourth-order valence-electron chi connectivity index (χ4n) is 3.25. The molecule has 1 aliphatic rings. The second-order valence-electron chi connectivity index (χ2n) is 7.97. The summed E-state index contributed by atoms with van der Waals surface area (Å²) in [5.41, 5.74) is 1.96. The van der Waals surface area contributed by atoms with Crippen LogP contribution in [0.5, 0.6) is 0 Å². The molecular weight excluding hydrogens is 300 g/mol. The van der Waals surface area contributed by atoms with E-state index in [1.807, 2.05) is 20.8 Å². The fourth-order valence-corrected chi connectivity index (χ4v) is 3.25. The quantitative estimate of drug-likeness (QED) is 0.884. The lowest BCUT2D eigenvalue weighted by Crippen LogP contribution is -2.42. The highest BCUT2D eigenvalue weighted by Gasteiger charge is 2.24. The van der Waals surface area contributed by atoms with Crippen LogP contribution in [0.2, 0.25) is 0 Å². The number of nitrogens with one attached hydrogen (secondary N) is 1. The van der Waals surface area contributed by atoms with Crippen LogP contribution in [0.1, 0.15) is 65.0 Å². The molecule has 1 aromatic rings. The highest BCUT2D eigenvalue weighted by molar-refractivity contribution is 5.67. The average Bonchev–Trinajstić information content (AvgIpc) is 2.48. The van der Waals surface area contributed by atoms with Crippen molar-refractivity contribution >= 4 is 6.09 Å². The van der Waals surface area contributed by atoms with Crippen molar-refractivity contribution in [2.24, 2.45) is 0 Å². The first-order valence-electron chi connectivity index (χ1n) is 9.05. The average molecular weight is 332 g/mol. The van der Waals surface area contributed by atoms with E-state index in [0.717, 1.165) is 12.1 Å². The molecule has 0 unspecified atom stereocenters. The number of rotatable bonds is 4. The third-order valence-corrected chi connectivity index (χ3v) is 4.60. The van der Waals surface area contributed by atoms with Crippen molar-refractivity contribution in [1.82, 2.24) is 10.2 Å². The molecular formula is C20H32N2O2. The minimum atomic E-state index is -0.463. The zero-order valence-corrected chi connectivity index (χ0v) is 15.8. The van der Waals surface area contributed by atoms with E-state index in [1.54, 1.807) is 0 Å². The van der Waals surface area contributed by atoms with Crippen molar-refractivity contribution in [3.63, 3.8) is 0 Å². The van der Waals surface area contributed by atoms with Gasteiger partial charge in [0.2, 0.25) is 0 Å². The zero-order chi connectivity index (χ0) is 17.7. The Morgan fingerprint density at radius 1 is 1.12 bits per heavy atom. The highest BCUT2D eigenvalue weighted by Crippen LogP contribution is 2.24. The SMILES string of the molecule is C[C@@H]1CCC[C@H](C)N1Cc1ccc(CNC(=O)OC(C)(C)C)cc1. The lowest BCUT2D eigenvalue weighted by Gasteiger charge is -2.39. The topological polar surface area (TPSA) is 41.6 Å². The van der Waals surface area contributed by atoms with Gasteiger partial charge in [0, 0.05) is 25.2 Å². The largest absolute Gasteiger partial charge is 0.444 e. The zero-order valence-electron chi connectivity index (χ0n) is 15.8. The van der Waals surface area contributed by atoms with Gasteiger partial charge in [-0.15, -0.1) is 0 Å². The van der Waals surface area contributed by atoms with E-state index >= 15 is 0 Å². The molecule has 1 saturated heterocycles. The van der Waals surface area contributed by atoms with Crippen molar-refractivity contribution in [2.45, 2.75) is 84.7 Å². The number of benzene rings is 1. The highest BCUT2D eigenvalue weighted by atomic mass is 16.6.